The zero-order chi connectivity index (χ0) is 14.0. The topological polar surface area (TPSA) is 76.9 Å². The molecule has 0 radical (unpaired) electrons. The Morgan fingerprint density at radius 2 is 1.94 bits per heavy atom. The Bertz CT molecular complexity index is 361. The lowest BCUT2D eigenvalue weighted by Crippen LogP contribution is -3.10. The van der Waals surface area contributed by atoms with Gasteiger partial charge < -0.3 is 15.1 Å². The first-order valence-electron chi connectivity index (χ1n) is 5.86. The number of nitrogens with one attached hydrogen (secondary N) is 1. The van der Waals surface area contributed by atoms with E-state index in [1.54, 1.807) is 4.90 Å². The van der Waals surface area contributed by atoms with E-state index >= 15 is 0 Å². The molecule has 0 aliphatic carbocycles. The van der Waals surface area contributed by atoms with Crippen molar-refractivity contribution in [1.82, 2.24) is 0 Å². The Kier molecular flexibility index (Phi) is 9.64. The first-order valence-corrected chi connectivity index (χ1v) is 6.96. The predicted molar refractivity (Wildman–Crippen MR) is 67.7 cm³/mol. The molecule has 5 nitrogen and oxygen atoms in total. The SMILES string of the molecule is CC[NH+](CC)Cc1cccc(C)c1.O=[P+]([O-])O[O-].[HH]. The summed E-state index contributed by atoms with van der Waals surface area (Å²) >= 11 is 0. The summed E-state index contributed by atoms with van der Waals surface area (Å²) in [6.07, 6.45) is 0. The van der Waals surface area contributed by atoms with Crippen LogP contribution in [0.1, 0.15) is 26.4 Å². The lowest BCUT2D eigenvalue weighted by atomic mass is 10.1. The van der Waals surface area contributed by atoms with E-state index < -0.39 is 8.25 Å². The molecular formula is C12H22NO4P. The molecule has 1 atom stereocenters. The molecule has 6 heteroatoms. The zero-order valence-electron chi connectivity index (χ0n) is 11.0. The van der Waals surface area contributed by atoms with E-state index in [1.165, 1.54) is 24.2 Å². The summed E-state index contributed by atoms with van der Waals surface area (Å²) in [5, 5.41) is 8.53. The second-order valence-corrected chi connectivity index (χ2v) is 4.52. The maximum Gasteiger partial charge on any atom is 0.479 e. The Labute approximate surface area is 110 Å². The minimum Gasteiger partial charge on any atom is -0.674 e. The van der Waals surface area contributed by atoms with Gasteiger partial charge >= 0.3 is 8.25 Å². The van der Waals surface area contributed by atoms with Gasteiger partial charge in [0.15, 0.2) is 0 Å². The van der Waals surface area contributed by atoms with Gasteiger partial charge in [0.05, 0.1) is 13.1 Å². The van der Waals surface area contributed by atoms with Crippen LogP contribution in [-0.2, 0) is 15.8 Å². The minimum absolute atomic E-state index is 0. The summed E-state index contributed by atoms with van der Waals surface area (Å²) in [5.41, 5.74) is 2.82. The van der Waals surface area contributed by atoms with E-state index in [0.717, 1.165) is 6.54 Å². The third-order valence-electron chi connectivity index (χ3n) is 2.60. The molecule has 0 amide bonds. The quantitative estimate of drug-likeness (QED) is 0.465. The second-order valence-electron chi connectivity index (χ2n) is 3.92. The number of hydrogen-bond donors (Lipinski definition) is 1. The van der Waals surface area contributed by atoms with Crippen LogP contribution in [0.25, 0.3) is 0 Å². The van der Waals surface area contributed by atoms with Crippen molar-refractivity contribution >= 4 is 8.25 Å². The molecule has 18 heavy (non-hydrogen) atoms. The average Bonchev–Trinajstić information content (AvgIpc) is 2.36. The van der Waals surface area contributed by atoms with E-state index in [2.05, 4.69) is 49.7 Å². The summed E-state index contributed by atoms with van der Waals surface area (Å²) in [5.74, 6) is 0. The Hall–Kier alpha value is -0.840. The second kappa shape index (κ2) is 10.1. The molecule has 0 aliphatic rings. The van der Waals surface area contributed by atoms with Gasteiger partial charge in [0.1, 0.15) is 6.54 Å². The highest BCUT2D eigenvalue weighted by Crippen LogP contribution is 2.01. The molecule has 104 valence electrons. The third-order valence-corrected chi connectivity index (χ3v) is 2.72. The van der Waals surface area contributed by atoms with Crippen molar-refractivity contribution in [3.8, 4) is 0 Å². The van der Waals surface area contributed by atoms with Crippen molar-refractivity contribution in [2.24, 2.45) is 0 Å². The Morgan fingerprint density at radius 1 is 1.39 bits per heavy atom. The molecule has 1 unspecified atom stereocenters. The van der Waals surface area contributed by atoms with Crippen LogP contribution in [0.15, 0.2) is 24.3 Å². The molecule has 1 rings (SSSR count). The monoisotopic (exact) mass is 275 g/mol. The van der Waals surface area contributed by atoms with Crippen molar-refractivity contribution < 1.29 is 25.7 Å². The van der Waals surface area contributed by atoms with Crippen LogP contribution in [0.3, 0.4) is 0 Å². The van der Waals surface area contributed by atoms with Crippen molar-refractivity contribution in [2.75, 3.05) is 13.1 Å². The summed E-state index contributed by atoms with van der Waals surface area (Å²) in [7, 11) is -3.15. The molecule has 0 fully saturated rings. The average molecular weight is 275 g/mol. The van der Waals surface area contributed by atoms with Crippen LogP contribution in [-0.4, -0.2) is 13.1 Å². The third kappa shape index (κ3) is 8.28. The highest BCUT2D eigenvalue weighted by Gasteiger charge is 2.03. The first kappa shape index (κ1) is 17.2. The van der Waals surface area contributed by atoms with E-state index in [9.17, 15) is 0 Å². The molecule has 1 aromatic rings. The molecule has 0 bridgehead atoms. The van der Waals surface area contributed by atoms with Gasteiger partial charge in [-0.1, -0.05) is 29.8 Å². The van der Waals surface area contributed by atoms with Gasteiger partial charge in [-0.3, -0.25) is 0 Å². The largest absolute Gasteiger partial charge is 0.674 e. The highest BCUT2D eigenvalue weighted by molar-refractivity contribution is 7.30. The fourth-order valence-electron chi connectivity index (χ4n) is 1.61. The molecule has 0 aromatic heterocycles. The summed E-state index contributed by atoms with van der Waals surface area (Å²) in [6, 6.07) is 8.80. The van der Waals surface area contributed by atoms with Crippen molar-refractivity contribution in [3.63, 3.8) is 0 Å². The van der Waals surface area contributed by atoms with Gasteiger partial charge in [-0.2, -0.15) is 0 Å². The molecule has 0 saturated heterocycles. The van der Waals surface area contributed by atoms with Gasteiger partial charge in [-0.25, -0.2) is 4.67 Å². The van der Waals surface area contributed by atoms with Gasteiger partial charge in [0.25, 0.3) is 0 Å². The van der Waals surface area contributed by atoms with Gasteiger partial charge in [-0.05, 0) is 25.3 Å². The molecule has 0 heterocycles. The molecule has 0 spiro atoms. The number of aryl methyl sites for hydroxylation is 1. The maximum absolute atomic E-state index is 8.87. The van der Waals surface area contributed by atoms with E-state index in [0.29, 0.717) is 0 Å². The van der Waals surface area contributed by atoms with Crippen LogP contribution in [0, 0.1) is 6.92 Å². The zero-order valence-corrected chi connectivity index (χ0v) is 11.9. The van der Waals surface area contributed by atoms with Crippen LogP contribution in [0.2, 0.25) is 0 Å². The minimum atomic E-state index is -3.15. The summed E-state index contributed by atoms with van der Waals surface area (Å²) in [4.78, 5) is 10.5. The van der Waals surface area contributed by atoms with E-state index in [-0.39, 0.29) is 1.43 Å². The van der Waals surface area contributed by atoms with Crippen LogP contribution >= 0.6 is 8.25 Å². The lowest BCUT2D eigenvalue weighted by Gasteiger charge is -2.15. The molecule has 0 aliphatic heterocycles. The van der Waals surface area contributed by atoms with E-state index in [4.69, 9.17) is 14.7 Å². The fraction of sp³-hybridized carbons (Fsp3) is 0.500. The highest BCUT2D eigenvalue weighted by atomic mass is 31.1. The Balaban J connectivity index is 0. The predicted octanol–water partition coefficient (Wildman–Crippen LogP) is -0.0383. The van der Waals surface area contributed by atoms with Crippen molar-refractivity contribution in [1.29, 1.82) is 0 Å². The maximum atomic E-state index is 8.87. The number of rotatable bonds is 5. The molecule has 1 aromatic carbocycles. The van der Waals surface area contributed by atoms with Crippen LogP contribution in [0.5, 0.6) is 0 Å². The van der Waals surface area contributed by atoms with Crippen molar-refractivity contribution in [3.05, 3.63) is 35.4 Å². The fourth-order valence-corrected chi connectivity index (χ4v) is 1.61. The molecule has 0 saturated carbocycles. The van der Waals surface area contributed by atoms with Gasteiger partial charge in [-0.15, -0.1) is 0 Å². The summed E-state index contributed by atoms with van der Waals surface area (Å²) in [6.45, 7) is 10.2. The smallest absolute Gasteiger partial charge is 0.479 e. The van der Waals surface area contributed by atoms with Crippen LogP contribution in [0.4, 0.5) is 0 Å². The lowest BCUT2D eigenvalue weighted by molar-refractivity contribution is -0.910. The number of benzene rings is 1. The van der Waals surface area contributed by atoms with Gasteiger partial charge in [0.2, 0.25) is 0 Å². The Morgan fingerprint density at radius 3 is 2.33 bits per heavy atom. The first-order chi connectivity index (χ1) is 8.53. The molecular weight excluding hydrogens is 253 g/mol. The number of hydrogen-bond acceptors (Lipinski definition) is 4. The van der Waals surface area contributed by atoms with Crippen molar-refractivity contribution in [2.45, 2.75) is 27.3 Å². The normalized spacial score (nSPS) is 10.9. The summed E-state index contributed by atoms with van der Waals surface area (Å²) < 4.78 is 11.3. The number of quaternary nitrogens is 1. The molecule has 1 N–H and O–H groups in total. The van der Waals surface area contributed by atoms with Gasteiger partial charge in [0, 0.05) is 6.99 Å². The van der Waals surface area contributed by atoms with E-state index in [1.807, 2.05) is 0 Å². The van der Waals surface area contributed by atoms with Crippen LogP contribution < -0.4 is 15.1 Å². The standard InChI is InChI=1S/C12H19N.HO4P.H2/c1-4-13(5-2)10-12-8-6-7-11(3)9-12;1-4-5(2)3;/h6-9H,4-5,10H2,1-3H3;1H;1H.